The number of rotatable bonds is 5. The van der Waals surface area contributed by atoms with E-state index in [4.69, 9.17) is 5.73 Å². The summed E-state index contributed by atoms with van der Waals surface area (Å²) < 4.78 is 0. The summed E-state index contributed by atoms with van der Waals surface area (Å²) in [6.07, 6.45) is 1.07. The van der Waals surface area contributed by atoms with Crippen molar-refractivity contribution < 1.29 is 0 Å². The minimum atomic E-state index is 0.0748. The zero-order chi connectivity index (χ0) is 14.7. The number of likely N-dealkylation sites (N-methyl/N-ethyl adjacent to an activating group) is 1. The van der Waals surface area contributed by atoms with Gasteiger partial charge in [0.2, 0.25) is 0 Å². The van der Waals surface area contributed by atoms with E-state index in [2.05, 4.69) is 70.8 Å². The average Bonchev–Trinajstić information content (AvgIpc) is 2.35. The van der Waals surface area contributed by atoms with Crippen molar-refractivity contribution in [3.63, 3.8) is 0 Å². The highest BCUT2D eigenvalue weighted by Crippen LogP contribution is 2.22. The second kappa shape index (κ2) is 6.06. The number of hydrogen-bond donors (Lipinski definition) is 1. The van der Waals surface area contributed by atoms with Crippen LogP contribution in [0.4, 0.5) is 0 Å². The molecule has 0 aliphatic heterocycles. The molecule has 1 aromatic rings. The van der Waals surface area contributed by atoms with Crippen LogP contribution in [0.3, 0.4) is 0 Å². The van der Waals surface area contributed by atoms with Crippen molar-refractivity contribution in [2.45, 2.75) is 52.0 Å². The van der Waals surface area contributed by atoms with Crippen molar-refractivity contribution in [3.8, 4) is 0 Å². The zero-order valence-electron chi connectivity index (χ0n) is 13.5. The van der Waals surface area contributed by atoms with E-state index in [-0.39, 0.29) is 11.0 Å². The third-order valence-corrected chi connectivity index (χ3v) is 4.09. The molecule has 0 unspecified atom stereocenters. The zero-order valence-corrected chi connectivity index (χ0v) is 13.5. The molecule has 0 spiro atoms. The Labute approximate surface area is 119 Å². The van der Waals surface area contributed by atoms with Crippen LogP contribution < -0.4 is 5.73 Å². The number of nitrogens with two attached hydrogens (primary N) is 1. The van der Waals surface area contributed by atoms with Crippen LogP contribution in [0.1, 0.15) is 45.7 Å². The van der Waals surface area contributed by atoms with Crippen molar-refractivity contribution in [2.24, 2.45) is 5.73 Å². The van der Waals surface area contributed by atoms with Gasteiger partial charge in [-0.3, -0.25) is 4.90 Å². The molecule has 0 aromatic heterocycles. The molecule has 0 aliphatic carbocycles. The summed E-state index contributed by atoms with van der Waals surface area (Å²) in [5.74, 6) is 0. The second-order valence-corrected chi connectivity index (χ2v) is 7.14. The van der Waals surface area contributed by atoms with E-state index < -0.39 is 0 Å². The van der Waals surface area contributed by atoms with Crippen LogP contribution in [0.25, 0.3) is 0 Å². The van der Waals surface area contributed by atoms with E-state index in [1.54, 1.807) is 0 Å². The first-order valence-electron chi connectivity index (χ1n) is 7.17. The summed E-state index contributed by atoms with van der Waals surface area (Å²) in [7, 11) is 2.15. The highest BCUT2D eigenvalue weighted by atomic mass is 15.2. The third-order valence-electron chi connectivity index (χ3n) is 4.09. The molecule has 2 N–H and O–H groups in total. The summed E-state index contributed by atoms with van der Waals surface area (Å²) in [5.41, 5.74) is 8.90. The van der Waals surface area contributed by atoms with Crippen LogP contribution in [0.15, 0.2) is 24.3 Å². The molecule has 108 valence electrons. The van der Waals surface area contributed by atoms with Gasteiger partial charge in [0.1, 0.15) is 0 Å². The second-order valence-electron chi connectivity index (χ2n) is 7.14. The first-order valence-corrected chi connectivity index (χ1v) is 7.17. The predicted molar refractivity (Wildman–Crippen MR) is 84.6 cm³/mol. The fraction of sp³-hybridized carbons (Fsp3) is 0.647. The molecular weight excluding hydrogens is 232 g/mol. The first-order chi connectivity index (χ1) is 8.66. The van der Waals surface area contributed by atoms with Crippen molar-refractivity contribution in [3.05, 3.63) is 35.4 Å². The summed E-state index contributed by atoms with van der Waals surface area (Å²) >= 11 is 0. The maximum Gasteiger partial charge on any atom is 0.0272 e. The lowest BCUT2D eigenvalue weighted by atomic mass is 9.86. The molecule has 1 rings (SSSR count). The lowest BCUT2D eigenvalue weighted by Crippen LogP contribution is -2.47. The topological polar surface area (TPSA) is 29.3 Å². The average molecular weight is 262 g/mol. The molecule has 0 saturated heterocycles. The molecule has 0 fully saturated rings. The molecule has 1 aromatic carbocycles. The van der Waals surface area contributed by atoms with E-state index in [0.717, 1.165) is 13.0 Å². The van der Waals surface area contributed by atoms with Crippen LogP contribution in [0.2, 0.25) is 0 Å². The van der Waals surface area contributed by atoms with Gasteiger partial charge in [0.25, 0.3) is 0 Å². The van der Waals surface area contributed by atoms with Gasteiger partial charge in [-0.1, -0.05) is 45.0 Å². The highest BCUT2D eigenvalue weighted by molar-refractivity contribution is 5.27. The van der Waals surface area contributed by atoms with Crippen LogP contribution >= 0.6 is 0 Å². The molecule has 19 heavy (non-hydrogen) atoms. The van der Waals surface area contributed by atoms with Gasteiger partial charge < -0.3 is 5.73 Å². The van der Waals surface area contributed by atoms with E-state index >= 15 is 0 Å². The van der Waals surface area contributed by atoms with Gasteiger partial charge in [-0.2, -0.15) is 0 Å². The van der Waals surface area contributed by atoms with E-state index in [0.29, 0.717) is 6.54 Å². The predicted octanol–water partition coefficient (Wildman–Crippen LogP) is 3.20. The van der Waals surface area contributed by atoms with Gasteiger partial charge in [0.15, 0.2) is 0 Å². The molecule has 0 radical (unpaired) electrons. The summed E-state index contributed by atoms with van der Waals surface area (Å²) in [6, 6.07) is 9.01. The fourth-order valence-electron chi connectivity index (χ4n) is 1.93. The fourth-order valence-corrected chi connectivity index (χ4v) is 1.93. The summed E-state index contributed by atoms with van der Waals surface area (Å²) in [5, 5.41) is 0. The van der Waals surface area contributed by atoms with Gasteiger partial charge in [0, 0.05) is 18.6 Å². The molecule has 0 aliphatic rings. The van der Waals surface area contributed by atoms with Gasteiger partial charge in [-0.05, 0) is 43.9 Å². The SMILES string of the molecule is CN(CCc1ccc(C(C)(C)C)cc1)C(C)(C)CN. The Bertz CT molecular complexity index is 385. The summed E-state index contributed by atoms with van der Waals surface area (Å²) in [6.45, 7) is 12.9. The van der Waals surface area contributed by atoms with E-state index in [1.807, 2.05) is 0 Å². The summed E-state index contributed by atoms with van der Waals surface area (Å²) in [4.78, 5) is 2.34. The van der Waals surface area contributed by atoms with Crippen LogP contribution in [0, 0.1) is 0 Å². The quantitative estimate of drug-likeness (QED) is 0.883. The Morgan fingerprint density at radius 1 is 1.00 bits per heavy atom. The van der Waals surface area contributed by atoms with Gasteiger partial charge >= 0.3 is 0 Å². The van der Waals surface area contributed by atoms with Crippen LogP contribution in [-0.2, 0) is 11.8 Å². The lowest BCUT2D eigenvalue weighted by molar-refractivity contribution is 0.166. The molecule has 2 nitrogen and oxygen atoms in total. The van der Waals surface area contributed by atoms with Crippen molar-refractivity contribution in [1.29, 1.82) is 0 Å². The molecule has 0 saturated carbocycles. The van der Waals surface area contributed by atoms with Crippen molar-refractivity contribution in [1.82, 2.24) is 4.90 Å². The smallest absolute Gasteiger partial charge is 0.0272 e. The Kier molecular flexibility index (Phi) is 5.17. The number of benzene rings is 1. The number of nitrogens with zero attached hydrogens (tertiary/aromatic N) is 1. The molecular formula is C17H30N2. The minimum absolute atomic E-state index is 0.0748. The maximum atomic E-state index is 5.80. The maximum absolute atomic E-state index is 5.80. The van der Waals surface area contributed by atoms with Gasteiger partial charge in [0.05, 0.1) is 0 Å². The van der Waals surface area contributed by atoms with Gasteiger partial charge in [-0.25, -0.2) is 0 Å². The number of hydrogen-bond acceptors (Lipinski definition) is 2. The Hall–Kier alpha value is -0.860. The molecule has 2 heteroatoms. The Morgan fingerprint density at radius 2 is 1.53 bits per heavy atom. The Morgan fingerprint density at radius 3 is 1.95 bits per heavy atom. The highest BCUT2D eigenvalue weighted by Gasteiger charge is 2.21. The minimum Gasteiger partial charge on any atom is -0.329 e. The first kappa shape index (κ1) is 16.2. The molecule has 0 heterocycles. The van der Waals surface area contributed by atoms with Gasteiger partial charge in [-0.15, -0.1) is 0 Å². The monoisotopic (exact) mass is 262 g/mol. The molecule has 0 atom stereocenters. The van der Waals surface area contributed by atoms with E-state index in [1.165, 1.54) is 11.1 Å². The Balaban J connectivity index is 2.60. The van der Waals surface area contributed by atoms with Crippen molar-refractivity contribution in [2.75, 3.05) is 20.1 Å². The molecule has 0 bridgehead atoms. The largest absolute Gasteiger partial charge is 0.329 e. The van der Waals surface area contributed by atoms with Crippen LogP contribution in [0.5, 0.6) is 0 Å². The van der Waals surface area contributed by atoms with Crippen molar-refractivity contribution >= 4 is 0 Å². The third kappa shape index (κ3) is 4.63. The molecule has 0 amide bonds. The normalized spacial score (nSPS) is 13.1. The van der Waals surface area contributed by atoms with Crippen LogP contribution in [-0.4, -0.2) is 30.6 Å². The van der Waals surface area contributed by atoms with E-state index in [9.17, 15) is 0 Å². The standard InChI is InChI=1S/C17H30N2/c1-16(2,3)15-9-7-14(8-10-15)11-12-19(6)17(4,5)13-18/h7-10H,11-13,18H2,1-6H3. The lowest BCUT2D eigenvalue weighted by Gasteiger charge is -2.34.